The van der Waals surface area contributed by atoms with E-state index in [1.807, 2.05) is 41.3 Å². The van der Waals surface area contributed by atoms with Crippen LogP contribution in [0.2, 0.25) is 0 Å². The number of rotatable bonds is 5. The monoisotopic (exact) mass is 510 g/mol. The van der Waals surface area contributed by atoms with Gasteiger partial charge in [-0.05, 0) is 55.7 Å². The molecule has 2 amide bonds. The van der Waals surface area contributed by atoms with E-state index >= 15 is 0 Å². The van der Waals surface area contributed by atoms with Gasteiger partial charge in [0.1, 0.15) is 12.7 Å². The van der Waals surface area contributed by atoms with Crippen LogP contribution >= 0.6 is 11.6 Å². The average Bonchev–Trinajstić information content (AvgIpc) is 3.19. The van der Waals surface area contributed by atoms with E-state index in [4.69, 9.17) is 25.8 Å². The van der Waals surface area contributed by atoms with Crippen LogP contribution in [0.25, 0.3) is 0 Å². The Morgan fingerprint density at radius 2 is 2.03 bits per heavy atom. The number of hydrogen-bond donors (Lipinski definition) is 1. The minimum atomic E-state index is -0.682. The van der Waals surface area contributed by atoms with Gasteiger partial charge in [-0.3, -0.25) is 4.79 Å². The average molecular weight is 511 g/mol. The van der Waals surface area contributed by atoms with Crippen molar-refractivity contribution in [1.82, 2.24) is 10.2 Å². The van der Waals surface area contributed by atoms with Crippen molar-refractivity contribution >= 4 is 23.6 Å². The van der Waals surface area contributed by atoms with E-state index in [9.17, 15) is 9.59 Å². The minimum Gasteiger partial charge on any atom is -0.485 e. The molecular formula is C28H31ClN2O5. The van der Waals surface area contributed by atoms with E-state index in [0.717, 1.165) is 42.7 Å². The Bertz CT molecular complexity index is 1190. The fraction of sp³-hybridized carbons (Fsp3) is 0.500. The Morgan fingerprint density at radius 1 is 1.22 bits per heavy atom. The van der Waals surface area contributed by atoms with Gasteiger partial charge in [0.25, 0.3) is 0 Å². The maximum atomic E-state index is 13.0. The molecular weight excluding hydrogens is 480 g/mol. The van der Waals surface area contributed by atoms with Crippen molar-refractivity contribution in [2.24, 2.45) is 5.92 Å². The fourth-order valence-corrected chi connectivity index (χ4v) is 7.30. The van der Waals surface area contributed by atoms with Gasteiger partial charge < -0.3 is 24.4 Å². The molecule has 2 heterocycles. The van der Waals surface area contributed by atoms with Gasteiger partial charge in [0.15, 0.2) is 17.1 Å². The molecule has 2 aliphatic heterocycles. The first-order valence-corrected chi connectivity index (χ1v) is 13.2. The molecule has 0 aromatic heterocycles. The van der Waals surface area contributed by atoms with Crippen molar-refractivity contribution in [3.63, 3.8) is 0 Å². The molecule has 2 aromatic carbocycles. The maximum Gasteiger partial charge on any atom is 0.411 e. The fourth-order valence-electron chi connectivity index (χ4n) is 7.23. The Balaban J connectivity index is 1.40. The Labute approximate surface area is 216 Å². The lowest BCUT2D eigenvalue weighted by molar-refractivity contribution is -0.122. The summed E-state index contributed by atoms with van der Waals surface area (Å²) in [5.41, 5.74) is 2.52. The predicted octanol–water partition coefficient (Wildman–Crippen LogP) is 4.53. The molecule has 1 spiro atoms. The third-order valence-electron chi connectivity index (χ3n) is 8.43. The summed E-state index contributed by atoms with van der Waals surface area (Å²) < 4.78 is 18.5. The Morgan fingerprint density at radius 3 is 2.78 bits per heavy atom. The molecule has 6 atom stereocenters. The third-order valence-corrected chi connectivity index (χ3v) is 8.51. The second kappa shape index (κ2) is 8.87. The summed E-state index contributed by atoms with van der Waals surface area (Å²) in [6.07, 6.45) is 2.60. The summed E-state index contributed by atoms with van der Waals surface area (Å²) in [6, 6.07) is 14.1. The van der Waals surface area contributed by atoms with E-state index in [2.05, 4.69) is 11.4 Å². The van der Waals surface area contributed by atoms with E-state index in [-0.39, 0.29) is 41.5 Å². The number of hydrogen-bond acceptors (Lipinski definition) is 5. The molecule has 1 saturated carbocycles. The number of carbonyl (C=O) groups excluding carboxylic acids is 2. The van der Waals surface area contributed by atoms with Crippen molar-refractivity contribution in [3.05, 3.63) is 59.2 Å². The first-order valence-electron chi connectivity index (χ1n) is 12.8. The molecule has 2 bridgehead atoms. The van der Waals surface area contributed by atoms with Crippen LogP contribution in [0.15, 0.2) is 42.5 Å². The SMILES string of the molecule is CC(=O)N[C@H]1CC[C@H]2[C@H]3Cc4ccc(OCc5ccccc5)c5c4[C@@]2(CCN3C(=O)OC(C)Cl)[C@H]1O5. The predicted molar refractivity (Wildman–Crippen MR) is 134 cm³/mol. The lowest BCUT2D eigenvalue weighted by Crippen LogP contribution is -2.69. The number of piperidine rings is 1. The second-order valence-electron chi connectivity index (χ2n) is 10.4. The number of amides is 2. The van der Waals surface area contributed by atoms with Gasteiger partial charge in [0.05, 0.1) is 6.04 Å². The number of halogens is 1. The Kier molecular flexibility index (Phi) is 5.78. The highest BCUT2D eigenvalue weighted by Gasteiger charge is 2.66. The molecule has 36 heavy (non-hydrogen) atoms. The van der Waals surface area contributed by atoms with Crippen LogP contribution in [0.3, 0.4) is 0 Å². The summed E-state index contributed by atoms with van der Waals surface area (Å²) in [6.45, 7) is 4.22. The molecule has 2 aromatic rings. The van der Waals surface area contributed by atoms with Crippen LogP contribution in [-0.4, -0.2) is 47.2 Å². The molecule has 7 nitrogen and oxygen atoms in total. The van der Waals surface area contributed by atoms with Crippen LogP contribution in [0, 0.1) is 5.92 Å². The minimum absolute atomic E-state index is 0.000539. The van der Waals surface area contributed by atoms with Crippen LogP contribution in [-0.2, 0) is 28.0 Å². The highest BCUT2D eigenvalue weighted by atomic mass is 35.5. The third kappa shape index (κ3) is 3.62. The number of carbonyl (C=O) groups is 2. The number of likely N-dealkylation sites (tertiary alicyclic amines) is 1. The lowest BCUT2D eigenvalue weighted by Gasteiger charge is -2.59. The summed E-state index contributed by atoms with van der Waals surface area (Å²) in [5, 5.41) is 3.16. The van der Waals surface area contributed by atoms with E-state index in [1.54, 1.807) is 13.8 Å². The molecule has 190 valence electrons. The molecule has 4 aliphatic rings. The van der Waals surface area contributed by atoms with Crippen molar-refractivity contribution in [3.8, 4) is 11.5 Å². The highest BCUT2D eigenvalue weighted by Crippen LogP contribution is 2.64. The van der Waals surface area contributed by atoms with Crippen molar-refractivity contribution < 1.29 is 23.8 Å². The zero-order valence-corrected chi connectivity index (χ0v) is 21.3. The second-order valence-corrected chi connectivity index (χ2v) is 11.0. The quantitative estimate of drug-likeness (QED) is 0.598. The number of nitrogens with zero attached hydrogens (tertiary/aromatic N) is 1. The summed E-state index contributed by atoms with van der Waals surface area (Å²) in [5.74, 6) is 1.69. The summed E-state index contributed by atoms with van der Waals surface area (Å²) >= 11 is 5.99. The maximum absolute atomic E-state index is 13.0. The summed E-state index contributed by atoms with van der Waals surface area (Å²) in [4.78, 5) is 27.0. The van der Waals surface area contributed by atoms with Crippen LogP contribution in [0.5, 0.6) is 11.5 Å². The number of nitrogens with one attached hydrogen (secondary N) is 1. The molecule has 8 heteroatoms. The van der Waals surface area contributed by atoms with Gasteiger partial charge in [0, 0.05) is 30.5 Å². The van der Waals surface area contributed by atoms with Gasteiger partial charge in [-0.1, -0.05) is 48.0 Å². The Hall–Kier alpha value is -2.93. The first kappa shape index (κ1) is 23.5. The number of alkyl halides is 1. The van der Waals surface area contributed by atoms with Gasteiger partial charge in [0.2, 0.25) is 5.91 Å². The van der Waals surface area contributed by atoms with Crippen LogP contribution < -0.4 is 14.8 Å². The van der Waals surface area contributed by atoms with Crippen LogP contribution in [0.1, 0.15) is 49.8 Å². The van der Waals surface area contributed by atoms with Gasteiger partial charge in [-0.2, -0.15) is 0 Å². The zero-order chi connectivity index (χ0) is 25.0. The van der Waals surface area contributed by atoms with Gasteiger partial charge >= 0.3 is 6.09 Å². The first-order chi connectivity index (χ1) is 17.4. The smallest absolute Gasteiger partial charge is 0.411 e. The van der Waals surface area contributed by atoms with Crippen molar-refractivity contribution in [2.75, 3.05) is 6.54 Å². The molecule has 2 aliphatic carbocycles. The molecule has 0 radical (unpaired) electrons. The number of benzene rings is 2. The normalized spacial score (nSPS) is 30.0. The molecule has 1 unspecified atom stereocenters. The van der Waals surface area contributed by atoms with E-state index in [1.165, 1.54) is 11.1 Å². The van der Waals surface area contributed by atoms with E-state index in [0.29, 0.717) is 13.2 Å². The lowest BCUT2D eigenvalue weighted by atomic mass is 9.51. The topological polar surface area (TPSA) is 77.1 Å². The summed E-state index contributed by atoms with van der Waals surface area (Å²) in [7, 11) is 0. The molecule has 2 fully saturated rings. The zero-order valence-electron chi connectivity index (χ0n) is 20.5. The highest BCUT2D eigenvalue weighted by molar-refractivity contribution is 6.19. The molecule has 1 N–H and O–H groups in total. The van der Waals surface area contributed by atoms with E-state index < -0.39 is 5.56 Å². The largest absolute Gasteiger partial charge is 0.485 e. The van der Waals surface area contributed by atoms with Crippen molar-refractivity contribution in [2.45, 2.75) is 75.3 Å². The van der Waals surface area contributed by atoms with Gasteiger partial charge in [-0.15, -0.1) is 0 Å². The number of ether oxygens (including phenoxy) is 3. The molecule has 6 rings (SSSR count). The van der Waals surface area contributed by atoms with Crippen molar-refractivity contribution in [1.29, 1.82) is 0 Å². The molecule has 1 saturated heterocycles. The van der Waals surface area contributed by atoms with Crippen LogP contribution in [0.4, 0.5) is 4.79 Å². The standard InChI is InChI=1S/C28H31ClN2O5/c1-16(29)35-27(33)31-13-12-28-20-9-10-21(30-17(2)32)26(28)36-25-23(34-15-18-6-4-3-5-7-18)11-8-19(24(25)28)14-22(20)31/h3-8,11,16,20-22,26H,9-10,12-15H2,1-2H3,(H,30,32)/t16?,20-,21-,22+,26-,28-/m0/s1. The van der Waals surface area contributed by atoms with Gasteiger partial charge in [-0.25, -0.2) is 4.79 Å².